The molecule has 1 heterocycles. The normalized spacial score (nSPS) is 11.4. The van der Waals surface area contributed by atoms with Gasteiger partial charge in [0.25, 0.3) is 0 Å². The maximum atomic E-state index is 5.49. The van der Waals surface area contributed by atoms with Gasteiger partial charge >= 0.3 is 0 Å². The second-order valence-electron chi connectivity index (χ2n) is 3.11. The number of allylic oxidation sites excluding steroid dienone is 1. The third-order valence-corrected chi connectivity index (χ3v) is 1.95. The highest BCUT2D eigenvalue weighted by Gasteiger charge is 2.05. The Morgan fingerprint density at radius 1 is 1.57 bits per heavy atom. The van der Waals surface area contributed by atoms with E-state index in [1.807, 2.05) is 32.1 Å². The second kappa shape index (κ2) is 5.62. The van der Waals surface area contributed by atoms with Crippen LogP contribution in [0.25, 0.3) is 0 Å². The van der Waals surface area contributed by atoms with Gasteiger partial charge in [-0.15, -0.1) is 0 Å². The summed E-state index contributed by atoms with van der Waals surface area (Å²) in [6, 6.07) is 1.97. The predicted octanol–water partition coefficient (Wildman–Crippen LogP) is 2.14. The summed E-state index contributed by atoms with van der Waals surface area (Å²) >= 11 is 0. The van der Waals surface area contributed by atoms with Crippen molar-refractivity contribution in [1.82, 2.24) is 0 Å². The minimum atomic E-state index is 0.445. The van der Waals surface area contributed by atoms with Crippen molar-refractivity contribution in [2.45, 2.75) is 27.0 Å². The van der Waals surface area contributed by atoms with E-state index in [0.29, 0.717) is 19.8 Å². The average molecular weight is 195 g/mol. The molecule has 0 amide bonds. The summed E-state index contributed by atoms with van der Waals surface area (Å²) in [5.74, 6) is 1.68. The largest absolute Gasteiger partial charge is 0.462 e. The van der Waals surface area contributed by atoms with Crippen LogP contribution in [0.3, 0.4) is 0 Å². The van der Waals surface area contributed by atoms with Crippen molar-refractivity contribution < 1.29 is 9.15 Å². The van der Waals surface area contributed by atoms with E-state index < -0.39 is 0 Å². The molecule has 0 aliphatic rings. The molecule has 0 fully saturated rings. The van der Waals surface area contributed by atoms with Crippen LogP contribution in [0.5, 0.6) is 0 Å². The molecule has 0 saturated carbocycles. The van der Waals surface area contributed by atoms with E-state index in [2.05, 4.69) is 0 Å². The monoisotopic (exact) mass is 195 g/mol. The van der Waals surface area contributed by atoms with Crippen LogP contribution in [0.15, 0.2) is 22.6 Å². The van der Waals surface area contributed by atoms with Crippen LogP contribution in [0, 0.1) is 6.92 Å². The van der Waals surface area contributed by atoms with Crippen molar-refractivity contribution in [2.24, 2.45) is 5.73 Å². The average Bonchev–Trinajstić information content (AvgIpc) is 2.54. The fraction of sp³-hybridized carbons (Fsp3) is 0.455. The molecular formula is C11H17NO2. The van der Waals surface area contributed by atoms with Crippen LogP contribution in [0.4, 0.5) is 0 Å². The van der Waals surface area contributed by atoms with Crippen LogP contribution < -0.4 is 5.73 Å². The third kappa shape index (κ3) is 3.01. The van der Waals surface area contributed by atoms with E-state index in [1.54, 1.807) is 0 Å². The molecule has 2 N–H and O–H groups in total. The summed E-state index contributed by atoms with van der Waals surface area (Å²) in [7, 11) is 0. The van der Waals surface area contributed by atoms with Gasteiger partial charge in [-0.2, -0.15) is 0 Å². The van der Waals surface area contributed by atoms with Crippen molar-refractivity contribution in [1.29, 1.82) is 0 Å². The zero-order chi connectivity index (χ0) is 10.4. The Morgan fingerprint density at radius 3 is 2.93 bits per heavy atom. The molecule has 0 radical (unpaired) electrons. The van der Waals surface area contributed by atoms with E-state index in [0.717, 1.165) is 17.1 Å². The summed E-state index contributed by atoms with van der Waals surface area (Å²) in [6.45, 7) is 5.52. The molecule has 78 valence electrons. The summed E-state index contributed by atoms with van der Waals surface area (Å²) in [6.07, 6.45) is 3.92. The fourth-order valence-electron chi connectivity index (χ4n) is 1.19. The molecule has 1 rings (SSSR count). The third-order valence-electron chi connectivity index (χ3n) is 1.95. The lowest BCUT2D eigenvalue weighted by molar-refractivity contribution is 0.130. The Bertz CT molecular complexity index is 302. The number of hydrogen-bond acceptors (Lipinski definition) is 3. The van der Waals surface area contributed by atoms with Gasteiger partial charge in [0.2, 0.25) is 0 Å². The Labute approximate surface area is 84.5 Å². The smallest absolute Gasteiger partial charge is 0.130 e. The quantitative estimate of drug-likeness (QED) is 0.578. The van der Waals surface area contributed by atoms with Gasteiger partial charge in [-0.05, 0) is 25.5 Å². The molecule has 0 aliphatic carbocycles. The molecule has 0 spiro atoms. The maximum absolute atomic E-state index is 5.49. The Kier molecular flexibility index (Phi) is 4.43. The fourth-order valence-corrected chi connectivity index (χ4v) is 1.19. The topological polar surface area (TPSA) is 48.4 Å². The molecule has 3 heteroatoms. The Hall–Kier alpha value is -1.06. The first-order valence-corrected chi connectivity index (χ1v) is 4.75. The molecule has 0 atom stereocenters. The number of rotatable bonds is 5. The van der Waals surface area contributed by atoms with E-state index in [-0.39, 0.29) is 0 Å². The minimum Gasteiger partial charge on any atom is -0.462 e. The van der Waals surface area contributed by atoms with Gasteiger partial charge in [-0.25, -0.2) is 0 Å². The standard InChI is InChI=1S/C11H17NO2/c1-3-4-5-13-8-10-6-9(2)11(7-12)14-10/h3-4,6H,5,7-8,12H2,1-2H3. The van der Waals surface area contributed by atoms with Gasteiger partial charge in [-0.1, -0.05) is 12.2 Å². The number of ether oxygens (including phenoxy) is 1. The van der Waals surface area contributed by atoms with Crippen molar-refractivity contribution in [2.75, 3.05) is 6.61 Å². The number of hydrogen-bond donors (Lipinski definition) is 1. The summed E-state index contributed by atoms with van der Waals surface area (Å²) in [5.41, 5.74) is 6.59. The van der Waals surface area contributed by atoms with Gasteiger partial charge < -0.3 is 14.9 Å². The van der Waals surface area contributed by atoms with Gasteiger partial charge in [0.1, 0.15) is 18.1 Å². The van der Waals surface area contributed by atoms with Crippen molar-refractivity contribution in [3.05, 3.63) is 35.3 Å². The molecule has 0 unspecified atom stereocenters. The second-order valence-corrected chi connectivity index (χ2v) is 3.11. The first kappa shape index (κ1) is 11.0. The van der Waals surface area contributed by atoms with Crippen LogP contribution in [-0.2, 0) is 17.9 Å². The van der Waals surface area contributed by atoms with Crippen molar-refractivity contribution >= 4 is 0 Å². The predicted molar refractivity (Wildman–Crippen MR) is 55.8 cm³/mol. The molecule has 0 aromatic carbocycles. The zero-order valence-corrected chi connectivity index (χ0v) is 8.75. The first-order chi connectivity index (χ1) is 6.77. The minimum absolute atomic E-state index is 0.445. The molecular weight excluding hydrogens is 178 g/mol. The molecule has 0 bridgehead atoms. The lowest BCUT2D eigenvalue weighted by Gasteiger charge is -1.96. The van der Waals surface area contributed by atoms with E-state index in [4.69, 9.17) is 14.9 Å². The first-order valence-electron chi connectivity index (χ1n) is 4.75. The van der Waals surface area contributed by atoms with Crippen LogP contribution in [-0.4, -0.2) is 6.61 Å². The highest BCUT2D eigenvalue weighted by Crippen LogP contribution is 2.14. The molecule has 0 aliphatic heterocycles. The van der Waals surface area contributed by atoms with Crippen LogP contribution >= 0.6 is 0 Å². The molecule has 3 nitrogen and oxygen atoms in total. The van der Waals surface area contributed by atoms with Crippen LogP contribution in [0.2, 0.25) is 0 Å². The molecule has 1 aromatic rings. The molecule has 1 aromatic heterocycles. The maximum Gasteiger partial charge on any atom is 0.130 e. The van der Waals surface area contributed by atoms with Gasteiger partial charge in [0.05, 0.1) is 13.2 Å². The van der Waals surface area contributed by atoms with Crippen molar-refractivity contribution in [3.8, 4) is 0 Å². The highest BCUT2D eigenvalue weighted by molar-refractivity contribution is 5.19. The number of aryl methyl sites for hydroxylation is 1. The van der Waals surface area contributed by atoms with E-state index in [9.17, 15) is 0 Å². The van der Waals surface area contributed by atoms with Crippen LogP contribution in [0.1, 0.15) is 24.0 Å². The Balaban J connectivity index is 2.43. The lowest BCUT2D eigenvalue weighted by atomic mass is 10.3. The zero-order valence-electron chi connectivity index (χ0n) is 8.75. The summed E-state index contributed by atoms with van der Waals surface area (Å²) in [5, 5.41) is 0. The molecule has 14 heavy (non-hydrogen) atoms. The lowest BCUT2D eigenvalue weighted by Crippen LogP contribution is -1.95. The van der Waals surface area contributed by atoms with Gasteiger partial charge in [0, 0.05) is 0 Å². The molecule has 0 saturated heterocycles. The highest BCUT2D eigenvalue weighted by atomic mass is 16.5. The van der Waals surface area contributed by atoms with E-state index >= 15 is 0 Å². The van der Waals surface area contributed by atoms with Gasteiger partial charge in [-0.3, -0.25) is 0 Å². The number of nitrogens with two attached hydrogens (primary N) is 1. The summed E-state index contributed by atoms with van der Waals surface area (Å²) in [4.78, 5) is 0. The summed E-state index contributed by atoms with van der Waals surface area (Å²) < 4.78 is 10.8. The SMILES string of the molecule is CC=CCOCc1cc(C)c(CN)o1. The van der Waals surface area contributed by atoms with E-state index in [1.165, 1.54) is 0 Å². The van der Waals surface area contributed by atoms with Crippen molar-refractivity contribution in [3.63, 3.8) is 0 Å². The number of furan rings is 1. The Morgan fingerprint density at radius 2 is 2.36 bits per heavy atom. The van der Waals surface area contributed by atoms with Gasteiger partial charge in [0.15, 0.2) is 0 Å².